The molecule has 1 atom stereocenters. The lowest BCUT2D eigenvalue weighted by Crippen LogP contribution is -2.38. The summed E-state index contributed by atoms with van der Waals surface area (Å²) in [5.41, 5.74) is 5.52. The summed E-state index contributed by atoms with van der Waals surface area (Å²) in [5, 5.41) is 11.7. The van der Waals surface area contributed by atoms with E-state index in [0.29, 0.717) is 17.4 Å². The topological polar surface area (TPSA) is 72.9 Å². The zero-order valence-corrected chi connectivity index (χ0v) is 9.32. The summed E-state index contributed by atoms with van der Waals surface area (Å²) in [6.07, 6.45) is 0. The van der Waals surface area contributed by atoms with Gasteiger partial charge in [0, 0.05) is 0 Å². The Kier molecular flexibility index (Phi) is 3.48. The third-order valence-corrected chi connectivity index (χ3v) is 2.35. The van der Waals surface area contributed by atoms with Crippen molar-refractivity contribution in [2.24, 2.45) is 12.8 Å². The van der Waals surface area contributed by atoms with Crippen molar-refractivity contribution in [1.29, 1.82) is 0 Å². The van der Waals surface area contributed by atoms with Crippen LogP contribution in [0, 0.1) is 0 Å². The number of nitrogens with zero attached hydrogens (tertiary/aromatic N) is 5. The quantitative estimate of drug-likeness (QED) is 0.669. The van der Waals surface area contributed by atoms with E-state index in [-0.39, 0.29) is 6.04 Å². The van der Waals surface area contributed by atoms with Crippen LogP contribution in [0.15, 0.2) is 0 Å². The van der Waals surface area contributed by atoms with Crippen LogP contribution < -0.4 is 5.73 Å². The fourth-order valence-electron chi connectivity index (χ4n) is 0.964. The molecule has 0 aliphatic heterocycles. The molecule has 1 aromatic heterocycles. The SMILES string of the molecule is CC(C(N)=S)N(C)Cc1nnn(C)n1. The normalized spacial score (nSPS) is 13.1. The number of hydrogen-bond donors (Lipinski definition) is 1. The van der Waals surface area contributed by atoms with Gasteiger partial charge in [-0.2, -0.15) is 4.80 Å². The number of hydrogen-bond acceptors (Lipinski definition) is 5. The second-order valence-corrected chi connectivity index (χ2v) is 3.66. The third-order valence-electron chi connectivity index (χ3n) is 2.01. The van der Waals surface area contributed by atoms with E-state index in [4.69, 9.17) is 18.0 Å². The summed E-state index contributed by atoms with van der Waals surface area (Å²) in [6, 6.07) is 0.0359. The molecule has 0 bridgehead atoms. The average Bonchev–Trinajstić information content (AvgIpc) is 2.49. The first-order valence-electron chi connectivity index (χ1n) is 4.23. The Hall–Kier alpha value is -1.08. The van der Waals surface area contributed by atoms with Gasteiger partial charge in [0.1, 0.15) is 0 Å². The Morgan fingerprint density at radius 1 is 1.71 bits per heavy atom. The number of tetrazole rings is 1. The second kappa shape index (κ2) is 4.43. The van der Waals surface area contributed by atoms with Crippen molar-refractivity contribution in [1.82, 2.24) is 25.1 Å². The summed E-state index contributed by atoms with van der Waals surface area (Å²) < 4.78 is 0. The van der Waals surface area contributed by atoms with Crippen molar-refractivity contribution in [2.75, 3.05) is 7.05 Å². The predicted molar refractivity (Wildman–Crippen MR) is 56.5 cm³/mol. The van der Waals surface area contributed by atoms with E-state index in [1.54, 1.807) is 7.05 Å². The van der Waals surface area contributed by atoms with Crippen LogP contribution in [-0.4, -0.2) is 43.2 Å². The van der Waals surface area contributed by atoms with E-state index in [1.165, 1.54) is 4.80 Å². The molecule has 0 radical (unpaired) electrons. The van der Waals surface area contributed by atoms with Gasteiger partial charge < -0.3 is 5.73 Å². The van der Waals surface area contributed by atoms with Crippen LogP contribution >= 0.6 is 12.2 Å². The van der Waals surface area contributed by atoms with Gasteiger partial charge in [0.15, 0.2) is 5.82 Å². The zero-order chi connectivity index (χ0) is 10.7. The second-order valence-electron chi connectivity index (χ2n) is 3.19. The molecular weight excluding hydrogens is 200 g/mol. The van der Waals surface area contributed by atoms with Gasteiger partial charge in [-0.1, -0.05) is 12.2 Å². The maximum atomic E-state index is 5.52. The molecule has 1 heterocycles. The van der Waals surface area contributed by atoms with Crippen LogP contribution in [0.25, 0.3) is 0 Å². The van der Waals surface area contributed by atoms with Gasteiger partial charge >= 0.3 is 0 Å². The van der Waals surface area contributed by atoms with Gasteiger partial charge in [0.2, 0.25) is 0 Å². The lowest BCUT2D eigenvalue weighted by molar-refractivity contribution is 0.296. The molecule has 0 spiro atoms. The minimum absolute atomic E-state index is 0.0359. The molecule has 0 aromatic carbocycles. The van der Waals surface area contributed by atoms with Crippen LogP contribution in [0.2, 0.25) is 0 Å². The number of aryl methyl sites for hydroxylation is 1. The van der Waals surface area contributed by atoms with E-state index in [9.17, 15) is 0 Å². The fourth-order valence-corrected chi connectivity index (χ4v) is 1.14. The van der Waals surface area contributed by atoms with Crippen molar-refractivity contribution in [3.63, 3.8) is 0 Å². The van der Waals surface area contributed by atoms with Crippen LogP contribution in [0.3, 0.4) is 0 Å². The van der Waals surface area contributed by atoms with Crippen molar-refractivity contribution >= 4 is 17.2 Å². The molecule has 1 unspecified atom stereocenters. The van der Waals surface area contributed by atoms with Crippen LogP contribution in [0.4, 0.5) is 0 Å². The number of rotatable bonds is 4. The molecule has 0 saturated heterocycles. The molecule has 14 heavy (non-hydrogen) atoms. The van der Waals surface area contributed by atoms with Crippen molar-refractivity contribution in [3.8, 4) is 0 Å². The van der Waals surface area contributed by atoms with Crippen LogP contribution in [0.1, 0.15) is 12.7 Å². The fraction of sp³-hybridized carbons (Fsp3) is 0.714. The monoisotopic (exact) mass is 214 g/mol. The smallest absolute Gasteiger partial charge is 0.188 e. The molecule has 0 fully saturated rings. The molecule has 0 aliphatic carbocycles. The van der Waals surface area contributed by atoms with Gasteiger partial charge in [0.05, 0.1) is 24.6 Å². The van der Waals surface area contributed by atoms with Gasteiger partial charge in [-0.05, 0) is 19.2 Å². The highest BCUT2D eigenvalue weighted by atomic mass is 32.1. The summed E-state index contributed by atoms with van der Waals surface area (Å²) in [5.74, 6) is 0.665. The highest BCUT2D eigenvalue weighted by molar-refractivity contribution is 7.80. The Labute approximate surface area is 88.1 Å². The highest BCUT2D eigenvalue weighted by Gasteiger charge is 2.13. The predicted octanol–water partition coefficient (Wildman–Crippen LogP) is -0.683. The van der Waals surface area contributed by atoms with E-state index in [2.05, 4.69) is 15.4 Å². The third kappa shape index (κ3) is 2.71. The Balaban J connectivity index is 2.56. The summed E-state index contributed by atoms with van der Waals surface area (Å²) in [4.78, 5) is 3.87. The van der Waals surface area contributed by atoms with Crippen LogP contribution in [-0.2, 0) is 13.6 Å². The van der Waals surface area contributed by atoms with Gasteiger partial charge in [0.25, 0.3) is 0 Å². The standard InChI is InChI=1S/C7H14N6S/c1-5(7(8)14)12(2)4-6-9-11-13(3)10-6/h5H,4H2,1-3H3,(H2,8,14). The maximum absolute atomic E-state index is 5.52. The van der Waals surface area contributed by atoms with E-state index in [0.717, 1.165) is 0 Å². The van der Waals surface area contributed by atoms with Gasteiger partial charge in [-0.3, -0.25) is 4.90 Å². The molecule has 78 valence electrons. The highest BCUT2D eigenvalue weighted by Crippen LogP contribution is 2.00. The molecule has 2 N–H and O–H groups in total. The molecule has 0 aliphatic rings. The lowest BCUT2D eigenvalue weighted by atomic mass is 10.3. The van der Waals surface area contributed by atoms with Gasteiger partial charge in [-0.15, -0.1) is 10.2 Å². The Morgan fingerprint density at radius 2 is 2.36 bits per heavy atom. The number of nitrogens with two attached hydrogens (primary N) is 1. The minimum atomic E-state index is 0.0359. The summed E-state index contributed by atoms with van der Waals surface area (Å²) in [7, 11) is 3.65. The first-order chi connectivity index (χ1) is 6.50. The molecule has 7 heteroatoms. The first-order valence-corrected chi connectivity index (χ1v) is 4.64. The molecule has 0 saturated carbocycles. The number of likely N-dealkylation sites (N-methyl/N-ethyl adjacent to an activating group) is 1. The molecule has 1 rings (SSSR count). The molecular formula is C7H14N6S. The number of aromatic nitrogens is 4. The zero-order valence-electron chi connectivity index (χ0n) is 8.51. The Morgan fingerprint density at radius 3 is 2.79 bits per heavy atom. The molecule has 6 nitrogen and oxygen atoms in total. The first kappa shape index (κ1) is 11.0. The Bertz CT molecular complexity index is 322. The van der Waals surface area contributed by atoms with Gasteiger partial charge in [-0.25, -0.2) is 0 Å². The van der Waals surface area contributed by atoms with Crippen molar-refractivity contribution < 1.29 is 0 Å². The molecule has 0 amide bonds. The maximum Gasteiger partial charge on any atom is 0.188 e. The average molecular weight is 214 g/mol. The van der Waals surface area contributed by atoms with E-state index >= 15 is 0 Å². The van der Waals surface area contributed by atoms with E-state index in [1.807, 2.05) is 18.9 Å². The largest absolute Gasteiger partial charge is 0.392 e. The van der Waals surface area contributed by atoms with Crippen molar-refractivity contribution in [2.45, 2.75) is 19.5 Å². The summed E-state index contributed by atoms with van der Waals surface area (Å²) >= 11 is 4.89. The number of thiocarbonyl (C=S) groups is 1. The summed E-state index contributed by atoms with van der Waals surface area (Å²) in [6.45, 7) is 2.53. The lowest BCUT2D eigenvalue weighted by Gasteiger charge is -2.21. The minimum Gasteiger partial charge on any atom is -0.392 e. The van der Waals surface area contributed by atoms with Crippen LogP contribution in [0.5, 0.6) is 0 Å². The van der Waals surface area contributed by atoms with E-state index < -0.39 is 0 Å². The van der Waals surface area contributed by atoms with Crippen molar-refractivity contribution in [3.05, 3.63) is 5.82 Å². The molecule has 1 aromatic rings.